The van der Waals surface area contributed by atoms with Crippen LogP contribution >= 0.6 is 0 Å². The molecule has 21 heavy (non-hydrogen) atoms. The van der Waals surface area contributed by atoms with Gasteiger partial charge in [-0.1, -0.05) is 39.2 Å². The molecule has 5 heteroatoms. The highest BCUT2D eigenvalue weighted by molar-refractivity contribution is 7.89. The number of rotatable bonds is 8. The lowest BCUT2D eigenvalue weighted by molar-refractivity contribution is 0.483. The normalized spacial score (nSPS) is 15.9. The van der Waals surface area contributed by atoms with Gasteiger partial charge in [-0.15, -0.1) is 0 Å². The molecule has 4 nitrogen and oxygen atoms in total. The lowest BCUT2D eigenvalue weighted by Crippen LogP contribution is -2.34. The highest BCUT2D eigenvalue weighted by Crippen LogP contribution is 2.21. The number of unbranched alkanes of at least 4 members (excludes halogenated alkanes) is 1. The average molecular weight is 310 g/mol. The van der Waals surface area contributed by atoms with E-state index in [1.807, 2.05) is 6.07 Å². The lowest BCUT2D eigenvalue weighted by Gasteiger charge is -2.18. The summed E-state index contributed by atoms with van der Waals surface area (Å²) in [6, 6.07) is 5.49. The molecule has 1 unspecified atom stereocenters. The zero-order chi connectivity index (χ0) is 15.3. The largest absolute Gasteiger partial charge is 0.309 e. The van der Waals surface area contributed by atoms with Gasteiger partial charge in [-0.05, 0) is 36.1 Å². The van der Waals surface area contributed by atoms with Crippen molar-refractivity contribution in [3.63, 3.8) is 0 Å². The molecular weight excluding hydrogens is 284 g/mol. The zero-order valence-corrected chi connectivity index (χ0v) is 13.8. The van der Waals surface area contributed by atoms with Crippen LogP contribution in [-0.4, -0.2) is 14.5 Å². The van der Waals surface area contributed by atoms with Gasteiger partial charge in [-0.25, -0.2) is 13.1 Å². The average Bonchev–Trinajstić information content (AvgIpc) is 2.92. The molecule has 0 bridgehead atoms. The highest BCUT2D eigenvalue weighted by atomic mass is 32.2. The molecule has 1 aromatic rings. The molecule has 0 aliphatic carbocycles. The van der Waals surface area contributed by atoms with Crippen molar-refractivity contribution in [1.82, 2.24) is 10.0 Å². The molecule has 1 atom stereocenters. The third kappa shape index (κ3) is 4.28. The quantitative estimate of drug-likeness (QED) is 0.776. The smallest absolute Gasteiger partial charge is 0.240 e. The first-order valence-corrected chi connectivity index (χ1v) is 9.40. The minimum Gasteiger partial charge on any atom is -0.309 e. The standard InChI is InChI=1S/C16H26N2O2S/c1-3-5-7-15(6-4-2)18-21(19,20)16-9-8-13-11-17-12-14(13)10-16/h8-10,15,17-18H,3-7,11-12H2,1-2H3. The Bertz CT molecular complexity index is 570. The van der Waals surface area contributed by atoms with E-state index in [0.717, 1.165) is 50.8 Å². The van der Waals surface area contributed by atoms with Gasteiger partial charge in [-0.2, -0.15) is 0 Å². The third-order valence-corrected chi connectivity index (χ3v) is 5.50. The van der Waals surface area contributed by atoms with Crippen LogP contribution in [0.2, 0.25) is 0 Å². The van der Waals surface area contributed by atoms with E-state index in [9.17, 15) is 8.42 Å². The van der Waals surface area contributed by atoms with Crippen LogP contribution < -0.4 is 10.0 Å². The molecule has 1 heterocycles. The molecule has 0 saturated carbocycles. The molecule has 0 saturated heterocycles. The summed E-state index contributed by atoms with van der Waals surface area (Å²) >= 11 is 0. The molecule has 1 aromatic carbocycles. The van der Waals surface area contributed by atoms with Gasteiger partial charge in [0.1, 0.15) is 0 Å². The van der Waals surface area contributed by atoms with Gasteiger partial charge in [0.15, 0.2) is 0 Å². The van der Waals surface area contributed by atoms with Crippen molar-refractivity contribution in [1.29, 1.82) is 0 Å². The van der Waals surface area contributed by atoms with Gasteiger partial charge in [-0.3, -0.25) is 0 Å². The molecule has 1 aliphatic heterocycles. The van der Waals surface area contributed by atoms with Crippen LogP contribution in [0.4, 0.5) is 0 Å². The van der Waals surface area contributed by atoms with E-state index >= 15 is 0 Å². The molecule has 0 radical (unpaired) electrons. The van der Waals surface area contributed by atoms with Crippen molar-refractivity contribution in [2.45, 2.75) is 70.0 Å². The molecular formula is C16H26N2O2S. The maximum atomic E-state index is 12.5. The van der Waals surface area contributed by atoms with E-state index in [1.165, 1.54) is 5.56 Å². The van der Waals surface area contributed by atoms with Crippen molar-refractivity contribution < 1.29 is 8.42 Å². The Balaban J connectivity index is 2.12. The maximum absolute atomic E-state index is 12.5. The first kappa shape index (κ1) is 16.5. The second-order valence-electron chi connectivity index (χ2n) is 5.78. The van der Waals surface area contributed by atoms with Crippen molar-refractivity contribution in [2.75, 3.05) is 0 Å². The minimum atomic E-state index is -3.41. The van der Waals surface area contributed by atoms with Crippen molar-refractivity contribution >= 4 is 10.0 Å². The van der Waals surface area contributed by atoms with Gasteiger partial charge in [0, 0.05) is 19.1 Å². The number of hydrogen-bond acceptors (Lipinski definition) is 3. The van der Waals surface area contributed by atoms with Crippen molar-refractivity contribution in [2.24, 2.45) is 0 Å². The second-order valence-corrected chi connectivity index (χ2v) is 7.50. The number of nitrogens with one attached hydrogen (secondary N) is 2. The first-order valence-electron chi connectivity index (χ1n) is 7.91. The summed E-state index contributed by atoms with van der Waals surface area (Å²) < 4.78 is 28.0. The van der Waals surface area contributed by atoms with Gasteiger partial charge in [0.2, 0.25) is 10.0 Å². The molecule has 0 aromatic heterocycles. The third-order valence-electron chi connectivity index (χ3n) is 3.98. The topological polar surface area (TPSA) is 58.2 Å². The first-order chi connectivity index (χ1) is 10.1. The molecule has 2 N–H and O–H groups in total. The highest BCUT2D eigenvalue weighted by Gasteiger charge is 2.21. The van der Waals surface area contributed by atoms with Crippen LogP contribution in [0.25, 0.3) is 0 Å². The van der Waals surface area contributed by atoms with Crippen LogP contribution in [0.1, 0.15) is 57.1 Å². The summed E-state index contributed by atoms with van der Waals surface area (Å²) in [5.74, 6) is 0. The van der Waals surface area contributed by atoms with Gasteiger partial charge < -0.3 is 5.32 Å². The minimum absolute atomic E-state index is 0.0475. The predicted octanol–water partition coefficient (Wildman–Crippen LogP) is 2.93. The van der Waals surface area contributed by atoms with Crippen LogP contribution in [0, 0.1) is 0 Å². The molecule has 0 amide bonds. The van der Waals surface area contributed by atoms with Crippen molar-refractivity contribution in [3.05, 3.63) is 29.3 Å². The second kappa shape index (κ2) is 7.38. The van der Waals surface area contributed by atoms with E-state index in [2.05, 4.69) is 23.9 Å². The van der Waals surface area contributed by atoms with E-state index in [4.69, 9.17) is 0 Å². The molecule has 0 spiro atoms. The Kier molecular flexibility index (Phi) is 5.79. The fourth-order valence-electron chi connectivity index (χ4n) is 2.79. The van der Waals surface area contributed by atoms with E-state index in [-0.39, 0.29) is 6.04 Å². The Morgan fingerprint density at radius 2 is 1.90 bits per heavy atom. The lowest BCUT2D eigenvalue weighted by atomic mass is 10.1. The summed E-state index contributed by atoms with van der Waals surface area (Å²) in [6.07, 6.45) is 4.94. The Morgan fingerprint density at radius 3 is 2.62 bits per heavy atom. The number of sulfonamides is 1. The zero-order valence-electron chi connectivity index (χ0n) is 13.0. The number of benzene rings is 1. The fraction of sp³-hybridized carbons (Fsp3) is 0.625. The number of fused-ring (bicyclic) bond motifs is 1. The van der Waals surface area contributed by atoms with Gasteiger partial charge >= 0.3 is 0 Å². The SMILES string of the molecule is CCCCC(CCC)NS(=O)(=O)c1ccc2c(c1)CNC2. The van der Waals surface area contributed by atoms with Gasteiger partial charge in [0.25, 0.3) is 0 Å². The summed E-state index contributed by atoms with van der Waals surface area (Å²) in [7, 11) is -3.41. The molecule has 2 rings (SSSR count). The van der Waals surface area contributed by atoms with Crippen LogP contribution in [0.3, 0.4) is 0 Å². The van der Waals surface area contributed by atoms with Crippen LogP contribution in [0.15, 0.2) is 23.1 Å². The summed E-state index contributed by atoms with van der Waals surface area (Å²) in [4.78, 5) is 0.391. The summed E-state index contributed by atoms with van der Waals surface area (Å²) in [6.45, 7) is 5.81. The van der Waals surface area contributed by atoms with E-state index in [0.29, 0.717) is 4.90 Å². The Labute approximate surface area is 128 Å². The van der Waals surface area contributed by atoms with E-state index in [1.54, 1.807) is 12.1 Å². The summed E-state index contributed by atoms with van der Waals surface area (Å²) in [5.41, 5.74) is 2.29. The molecule has 1 aliphatic rings. The number of hydrogen-bond donors (Lipinski definition) is 2. The monoisotopic (exact) mass is 310 g/mol. The Morgan fingerprint density at radius 1 is 1.14 bits per heavy atom. The van der Waals surface area contributed by atoms with Crippen LogP contribution in [-0.2, 0) is 23.1 Å². The van der Waals surface area contributed by atoms with Crippen LogP contribution in [0.5, 0.6) is 0 Å². The fourth-order valence-corrected chi connectivity index (χ4v) is 4.14. The van der Waals surface area contributed by atoms with E-state index < -0.39 is 10.0 Å². The van der Waals surface area contributed by atoms with Gasteiger partial charge in [0.05, 0.1) is 4.90 Å². The van der Waals surface area contributed by atoms with Crippen molar-refractivity contribution in [3.8, 4) is 0 Å². The maximum Gasteiger partial charge on any atom is 0.240 e. The molecule has 118 valence electrons. The Hall–Kier alpha value is -0.910. The predicted molar refractivity (Wildman–Crippen MR) is 85.5 cm³/mol. The summed E-state index contributed by atoms with van der Waals surface area (Å²) in [5, 5.41) is 3.24. The molecule has 0 fully saturated rings.